The van der Waals surface area contributed by atoms with Crippen molar-refractivity contribution in [2.75, 3.05) is 13.1 Å². The van der Waals surface area contributed by atoms with Gasteiger partial charge in [0.25, 0.3) is 11.8 Å². The Hall–Kier alpha value is -3.49. The van der Waals surface area contributed by atoms with Crippen molar-refractivity contribution in [2.45, 2.75) is 18.8 Å². The van der Waals surface area contributed by atoms with Crippen molar-refractivity contribution in [2.24, 2.45) is 0 Å². The van der Waals surface area contributed by atoms with E-state index in [-0.39, 0.29) is 31.8 Å². The number of carbonyl (C=O) groups excluding carboxylic acids is 1. The summed E-state index contributed by atoms with van der Waals surface area (Å²) < 4.78 is 28.6. The first kappa shape index (κ1) is 17.6. The van der Waals surface area contributed by atoms with E-state index in [0.717, 1.165) is 5.65 Å². The first-order valence-electron chi connectivity index (χ1n) is 9.22. The summed E-state index contributed by atoms with van der Waals surface area (Å²) >= 11 is 0. The Morgan fingerprint density at radius 3 is 2.66 bits per heavy atom. The van der Waals surface area contributed by atoms with Crippen molar-refractivity contribution in [1.82, 2.24) is 29.2 Å². The van der Waals surface area contributed by atoms with Gasteiger partial charge in [0, 0.05) is 50.1 Å². The number of alkyl halides is 2. The van der Waals surface area contributed by atoms with Crippen LogP contribution in [0.2, 0.25) is 0 Å². The highest BCUT2D eigenvalue weighted by Gasteiger charge is 2.35. The number of hydrogen-bond donors (Lipinski definition) is 0. The number of likely N-dealkylation sites (tertiary alicyclic amines) is 1. The van der Waals surface area contributed by atoms with Gasteiger partial charge in [-0.25, -0.2) is 23.7 Å². The van der Waals surface area contributed by atoms with E-state index in [2.05, 4.69) is 19.9 Å². The van der Waals surface area contributed by atoms with Crippen LogP contribution in [0.1, 0.15) is 23.2 Å². The Labute approximate surface area is 164 Å². The number of fused-ring (bicyclic) bond motifs is 2. The van der Waals surface area contributed by atoms with E-state index >= 15 is 0 Å². The van der Waals surface area contributed by atoms with Gasteiger partial charge in [-0.2, -0.15) is 0 Å². The zero-order valence-corrected chi connectivity index (χ0v) is 15.3. The third-order valence-electron chi connectivity index (χ3n) is 5.11. The fraction of sp³-hybridized carbons (Fsp3) is 0.250. The molecule has 1 aliphatic rings. The van der Waals surface area contributed by atoms with Crippen LogP contribution < -0.4 is 0 Å². The molecule has 3 aromatic heterocycles. The summed E-state index contributed by atoms with van der Waals surface area (Å²) in [5.41, 5.74) is 3.51. The number of amides is 1. The third kappa shape index (κ3) is 3.28. The fourth-order valence-electron chi connectivity index (χ4n) is 3.45. The van der Waals surface area contributed by atoms with E-state index in [4.69, 9.17) is 0 Å². The SMILES string of the molecule is O=C(c1ccc2ncc(-c3cn4ccnc4cn3)nc2c1)N1CCC(F)(F)CC1. The molecule has 0 spiro atoms. The average molecular weight is 394 g/mol. The van der Waals surface area contributed by atoms with Gasteiger partial charge in [0.1, 0.15) is 11.4 Å². The van der Waals surface area contributed by atoms with E-state index in [1.54, 1.807) is 43.0 Å². The summed E-state index contributed by atoms with van der Waals surface area (Å²) in [5, 5.41) is 0. The van der Waals surface area contributed by atoms with Crippen molar-refractivity contribution in [3.05, 3.63) is 54.7 Å². The highest BCUT2D eigenvalue weighted by Crippen LogP contribution is 2.28. The summed E-state index contributed by atoms with van der Waals surface area (Å²) in [6.45, 7) is 0.0921. The van der Waals surface area contributed by atoms with Gasteiger partial charge in [0.15, 0.2) is 5.65 Å². The lowest BCUT2D eigenvalue weighted by atomic mass is 10.1. The third-order valence-corrected chi connectivity index (χ3v) is 5.11. The highest BCUT2D eigenvalue weighted by molar-refractivity contribution is 5.97. The lowest BCUT2D eigenvalue weighted by Crippen LogP contribution is -2.42. The molecule has 9 heteroatoms. The van der Waals surface area contributed by atoms with Crippen molar-refractivity contribution in [3.63, 3.8) is 0 Å². The standard InChI is InChI=1S/C20H16F2N6O/c21-20(22)3-6-27(7-4-20)19(29)13-1-2-14-15(9-13)26-16(10-24-14)17-12-28-8-5-23-18(28)11-25-17/h1-2,5,8-12H,3-4,6-7H2. The molecule has 0 N–H and O–H groups in total. The van der Waals surface area contributed by atoms with Crippen LogP contribution in [0.3, 0.4) is 0 Å². The van der Waals surface area contributed by atoms with Gasteiger partial charge >= 0.3 is 0 Å². The summed E-state index contributed by atoms with van der Waals surface area (Å²) in [5.74, 6) is -2.96. The van der Waals surface area contributed by atoms with Crippen LogP contribution in [0.25, 0.3) is 28.1 Å². The van der Waals surface area contributed by atoms with Gasteiger partial charge in [-0.15, -0.1) is 0 Å². The van der Waals surface area contributed by atoms with Crippen LogP contribution in [0.15, 0.2) is 49.2 Å². The Bertz CT molecular complexity index is 1230. The van der Waals surface area contributed by atoms with Crippen molar-refractivity contribution >= 4 is 22.6 Å². The summed E-state index contributed by atoms with van der Waals surface area (Å²) in [6.07, 6.45) is 7.96. The van der Waals surface area contributed by atoms with Gasteiger partial charge in [0.2, 0.25) is 0 Å². The predicted octanol–water partition coefficient (Wildman–Crippen LogP) is 3.21. The summed E-state index contributed by atoms with van der Waals surface area (Å²) in [6, 6.07) is 5.02. The number of carbonyl (C=O) groups is 1. The predicted molar refractivity (Wildman–Crippen MR) is 102 cm³/mol. The van der Waals surface area contributed by atoms with Crippen molar-refractivity contribution < 1.29 is 13.6 Å². The van der Waals surface area contributed by atoms with E-state index in [0.29, 0.717) is 28.0 Å². The molecular formula is C20H16F2N6O. The van der Waals surface area contributed by atoms with E-state index in [9.17, 15) is 13.6 Å². The molecular weight excluding hydrogens is 378 g/mol. The molecule has 0 atom stereocenters. The zero-order chi connectivity index (χ0) is 20.0. The number of nitrogens with zero attached hydrogens (tertiary/aromatic N) is 6. The van der Waals surface area contributed by atoms with Crippen LogP contribution in [-0.4, -0.2) is 54.2 Å². The molecule has 0 unspecified atom stereocenters. The van der Waals surface area contributed by atoms with Crippen molar-refractivity contribution in [1.29, 1.82) is 0 Å². The largest absolute Gasteiger partial charge is 0.338 e. The van der Waals surface area contributed by atoms with Gasteiger partial charge in [-0.1, -0.05) is 0 Å². The van der Waals surface area contributed by atoms with Crippen LogP contribution in [0.5, 0.6) is 0 Å². The first-order valence-corrected chi connectivity index (χ1v) is 9.22. The Kier molecular flexibility index (Phi) is 3.97. The molecule has 4 heterocycles. The smallest absolute Gasteiger partial charge is 0.253 e. The van der Waals surface area contributed by atoms with E-state index < -0.39 is 5.92 Å². The number of aromatic nitrogens is 5. The second-order valence-corrected chi connectivity index (χ2v) is 7.07. The van der Waals surface area contributed by atoms with Gasteiger partial charge < -0.3 is 9.30 Å². The van der Waals surface area contributed by atoms with Crippen LogP contribution in [0, 0.1) is 0 Å². The van der Waals surface area contributed by atoms with Gasteiger partial charge in [-0.3, -0.25) is 9.78 Å². The summed E-state index contributed by atoms with van der Waals surface area (Å²) in [4.78, 5) is 31.7. The second kappa shape index (κ2) is 6.54. The monoisotopic (exact) mass is 394 g/mol. The number of rotatable bonds is 2. The van der Waals surface area contributed by atoms with Crippen LogP contribution >= 0.6 is 0 Å². The van der Waals surface area contributed by atoms with Gasteiger partial charge in [0.05, 0.1) is 23.4 Å². The minimum Gasteiger partial charge on any atom is -0.338 e. The maximum atomic E-state index is 13.4. The van der Waals surface area contributed by atoms with Crippen molar-refractivity contribution in [3.8, 4) is 11.4 Å². The molecule has 1 fully saturated rings. The van der Waals surface area contributed by atoms with E-state index in [1.165, 1.54) is 4.90 Å². The highest BCUT2D eigenvalue weighted by atomic mass is 19.3. The second-order valence-electron chi connectivity index (χ2n) is 7.07. The van der Waals surface area contributed by atoms with E-state index in [1.807, 2.05) is 10.6 Å². The lowest BCUT2D eigenvalue weighted by Gasteiger charge is -2.31. The number of imidazole rings is 1. The maximum Gasteiger partial charge on any atom is 0.253 e. The minimum absolute atomic E-state index is 0.0461. The van der Waals surface area contributed by atoms with Crippen LogP contribution in [-0.2, 0) is 0 Å². The fourth-order valence-corrected chi connectivity index (χ4v) is 3.45. The average Bonchev–Trinajstić information content (AvgIpc) is 3.20. The maximum absolute atomic E-state index is 13.4. The molecule has 0 bridgehead atoms. The molecule has 0 radical (unpaired) electrons. The lowest BCUT2D eigenvalue weighted by molar-refractivity contribution is -0.0494. The topological polar surface area (TPSA) is 76.3 Å². The Balaban J connectivity index is 1.47. The number of piperidine rings is 1. The van der Waals surface area contributed by atoms with Gasteiger partial charge in [-0.05, 0) is 18.2 Å². The molecule has 1 aromatic carbocycles. The molecule has 146 valence electrons. The quantitative estimate of drug-likeness (QED) is 0.522. The molecule has 29 heavy (non-hydrogen) atoms. The molecule has 1 saturated heterocycles. The Morgan fingerprint density at radius 2 is 1.83 bits per heavy atom. The number of hydrogen-bond acceptors (Lipinski definition) is 5. The molecule has 7 nitrogen and oxygen atoms in total. The zero-order valence-electron chi connectivity index (χ0n) is 15.3. The molecule has 0 aliphatic carbocycles. The minimum atomic E-state index is -2.69. The Morgan fingerprint density at radius 1 is 1.00 bits per heavy atom. The molecule has 4 aromatic rings. The normalized spacial score (nSPS) is 16.4. The first-order chi connectivity index (χ1) is 14.0. The summed E-state index contributed by atoms with van der Waals surface area (Å²) in [7, 11) is 0. The number of benzene rings is 1. The van der Waals surface area contributed by atoms with Crippen LogP contribution in [0.4, 0.5) is 8.78 Å². The molecule has 1 aliphatic heterocycles. The molecule has 0 saturated carbocycles. The molecule has 5 rings (SSSR count). The number of halogens is 2. The molecule has 1 amide bonds.